The summed E-state index contributed by atoms with van der Waals surface area (Å²) in [4.78, 5) is 31.4. The van der Waals surface area contributed by atoms with Crippen molar-refractivity contribution < 1.29 is 9.59 Å². The Morgan fingerprint density at radius 2 is 2.21 bits per heavy atom. The molecule has 0 bridgehead atoms. The lowest BCUT2D eigenvalue weighted by Gasteiger charge is -2.16. The molecule has 126 valence electrons. The Kier molecular flexibility index (Phi) is 4.53. The molecule has 2 aromatic rings. The summed E-state index contributed by atoms with van der Waals surface area (Å²) in [6.07, 6.45) is 0. The molecule has 3 rings (SSSR count). The minimum atomic E-state index is -0.158. The van der Waals surface area contributed by atoms with Crippen LogP contribution in [0.3, 0.4) is 0 Å². The number of nitrogens with one attached hydrogen (secondary N) is 2. The molecule has 0 radical (unpaired) electrons. The van der Waals surface area contributed by atoms with Gasteiger partial charge in [-0.2, -0.15) is 0 Å². The Hall–Kier alpha value is -2.41. The van der Waals surface area contributed by atoms with E-state index in [4.69, 9.17) is 0 Å². The summed E-state index contributed by atoms with van der Waals surface area (Å²) in [7, 11) is 0. The molecule has 1 aliphatic rings. The van der Waals surface area contributed by atoms with Crippen molar-refractivity contribution in [2.45, 2.75) is 26.8 Å². The van der Waals surface area contributed by atoms with Gasteiger partial charge >= 0.3 is 6.03 Å². The fourth-order valence-corrected chi connectivity index (χ4v) is 3.76. The SMILES string of the molecule is Cc1nc(C)c(C(C)NC(=O)c2cccc(N3CCNC3=O)c2)s1. The number of aryl methyl sites for hydroxylation is 2. The van der Waals surface area contributed by atoms with Crippen molar-refractivity contribution in [3.63, 3.8) is 0 Å². The molecule has 0 aliphatic carbocycles. The fraction of sp³-hybridized carbons (Fsp3) is 0.353. The molecule has 0 spiro atoms. The molecule has 6 nitrogen and oxygen atoms in total. The molecule has 1 aromatic carbocycles. The van der Waals surface area contributed by atoms with Gasteiger partial charge in [0.05, 0.1) is 16.7 Å². The van der Waals surface area contributed by atoms with Crippen molar-refractivity contribution in [3.05, 3.63) is 45.4 Å². The lowest BCUT2D eigenvalue weighted by atomic mass is 10.1. The predicted molar refractivity (Wildman–Crippen MR) is 94.7 cm³/mol. The standard InChI is InChI=1S/C17H20N4O2S/c1-10-15(24-12(3)19-10)11(2)20-16(22)13-5-4-6-14(9-13)21-8-7-18-17(21)23/h4-6,9,11H,7-8H2,1-3H3,(H,18,23)(H,20,22). The van der Waals surface area contributed by atoms with E-state index in [0.717, 1.165) is 21.3 Å². The van der Waals surface area contributed by atoms with E-state index < -0.39 is 0 Å². The third-order valence-corrected chi connectivity index (χ3v) is 5.21. The molecule has 1 unspecified atom stereocenters. The number of urea groups is 1. The first-order chi connectivity index (χ1) is 11.5. The summed E-state index contributed by atoms with van der Waals surface area (Å²) in [5.41, 5.74) is 2.22. The number of amides is 3. The van der Waals surface area contributed by atoms with Gasteiger partial charge in [0, 0.05) is 29.2 Å². The lowest BCUT2D eigenvalue weighted by Crippen LogP contribution is -2.29. The zero-order valence-electron chi connectivity index (χ0n) is 13.9. The highest BCUT2D eigenvalue weighted by atomic mass is 32.1. The lowest BCUT2D eigenvalue weighted by molar-refractivity contribution is 0.0940. The van der Waals surface area contributed by atoms with E-state index in [9.17, 15) is 9.59 Å². The zero-order chi connectivity index (χ0) is 17.3. The maximum Gasteiger partial charge on any atom is 0.321 e. The number of aromatic nitrogens is 1. The number of hydrogen-bond acceptors (Lipinski definition) is 4. The maximum atomic E-state index is 12.5. The number of rotatable bonds is 4. The van der Waals surface area contributed by atoms with Gasteiger partial charge < -0.3 is 10.6 Å². The van der Waals surface area contributed by atoms with E-state index in [2.05, 4.69) is 15.6 Å². The second-order valence-corrected chi connectivity index (χ2v) is 7.05. The van der Waals surface area contributed by atoms with Crippen LogP contribution in [0.5, 0.6) is 0 Å². The quantitative estimate of drug-likeness (QED) is 0.896. The van der Waals surface area contributed by atoms with E-state index in [-0.39, 0.29) is 18.0 Å². The molecule has 1 aliphatic heterocycles. The second-order valence-electron chi connectivity index (χ2n) is 5.81. The monoisotopic (exact) mass is 344 g/mol. The largest absolute Gasteiger partial charge is 0.345 e. The third kappa shape index (κ3) is 3.26. The minimum absolute atomic E-state index is 0.109. The smallest absolute Gasteiger partial charge is 0.321 e. The molecule has 3 amide bonds. The van der Waals surface area contributed by atoms with Crippen LogP contribution in [0.15, 0.2) is 24.3 Å². The van der Waals surface area contributed by atoms with Gasteiger partial charge in [-0.25, -0.2) is 9.78 Å². The van der Waals surface area contributed by atoms with Crippen molar-refractivity contribution >= 4 is 29.0 Å². The van der Waals surface area contributed by atoms with Gasteiger partial charge in [-0.1, -0.05) is 6.07 Å². The molecule has 24 heavy (non-hydrogen) atoms. The predicted octanol–water partition coefficient (Wildman–Crippen LogP) is 2.78. The summed E-state index contributed by atoms with van der Waals surface area (Å²) in [6, 6.07) is 6.89. The molecule has 1 fully saturated rings. The van der Waals surface area contributed by atoms with Gasteiger partial charge in [-0.05, 0) is 39.0 Å². The maximum absolute atomic E-state index is 12.5. The van der Waals surface area contributed by atoms with E-state index in [1.807, 2.05) is 26.8 Å². The first kappa shape index (κ1) is 16.4. The van der Waals surface area contributed by atoms with Crippen LogP contribution in [0, 0.1) is 13.8 Å². The van der Waals surface area contributed by atoms with Crippen molar-refractivity contribution in [2.24, 2.45) is 0 Å². The first-order valence-corrected chi connectivity index (χ1v) is 8.67. The van der Waals surface area contributed by atoms with Gasteiger partial charge in [0.2, 0.25) is 0 Å². The van der Waals surface area contributed by atoms with E-state index in [1.54, 1.807) is 34.4 Å². The minimum Gasteiger partial charge on any atom is -0.345 e. The molecule has 2 heterocycles. The summed E-state index contributed by atoms with van der Waals surface area (Å²) in [5.74, 6) is -0.158. The topological polar surface area (TPSA) is 74.3 Å². The number of thiazole rings is 1. The Morgan fingerprint density at radius 3 is 2.83 bits per heavy atom. The normalized spacial score (nSPS) is 15.3. The number of anilines is 1. The van der Waals surface area contributed by atoms with Gasteiger partial charge in [0.25, 0.3) is 5.91 Å². The molecular weight excluding hydrogens is 324 g/mol. The average Bonchev–Trinajstić information content (AvgIpc) is 3.12. The van der Waals surface area contributed by atoms with Crippen LogP contribution < -0.4 is 15.5 Å². The Morgan fingerprint density at radius 1 is 1.42 bits per heavy atom. The zero-order valence-corrected chi connectivity index (χ0v) is 14.7. The van der Waals surface area contributed by atoms with Crippen molar-refractivity contribution in [2.75, 3.05) is 18.0 Å². The number of carbonyl (C=O) groups excluding carboxylic acids is 2. The average molecular weight is 344 g/mol. The molecule has 7 heteroatoms. The van der Waals surface area contributed by atoms with Gasteiger partial charge in [-0.3, -0.25) is 9.69 Å². The van der Waals surface area contributed by atoms with Crippen LogP contribution in [0.25, 0.3) is 0 Å². The van der Waals surface area contributed by atoms with Crippen LogP contribution in [0.1, 0.15) is 38.9 Å². The highest BCUT2D eigenvalue weighted by Gasteiger charge is 2.22. The molecule has 2 N–H and O–H groups in total. The van der Waals surface area contributed by atoms with Crippen LogP contribution in [-0.4, -0.2) is 30.0 Å². The second kappa shape index (κ2) is 6.60. The van der Waals surface area contributed by atoms with E-state index in [0.29, 0.717) is 18.7 Å². The number of carbonyl (C=O) groups is 2. The third-order valence-electron chi connectivity index (χ3n) is 3.96. The summed E-state index contributed by atoms with van der Waals surface area (Å²) in [5, 5.41) is 6.76. The number of benzene rings is 1. The Balaban J connectivity index is 1.75. The van der Waals surface area contributed by atoms with E-state index in [1.165, 1.54) is 0 Å². The van der Waals surface area contributed by atoms with Gasteiger partial charge in [0.15, 0.2) is 0 Å². The van der Waals surface area contributed by atoms with Crippen LogP contribution in [-0.2, 0) is 0 Å². The Labute approximate surface area is 144 Å². The summed E-state index contributed by atoms with van der Waals surface area (Å²) in [6.45, 7) is 7.10. The van der Waals surface area contributed by atoms with Crippen molar-refractivity contribution in [3.8, 4) is 0 Å². The molecular formula is C17H20N4O2S. The Bertz CT molecular complexity index is 787. The van der Waals surface area contributed by atoms with Crippen LogP contribution in [0.4, 0.5) is 10.5 Å². The van der Waals surface area contributed by atoms with Gasteiger partial charge in [0.1, 0.15) is 0 Å². The number of nitrogens with zero attached hydrogens (tertiary/aromatic N) is 2. The van der Waals surface area contributed by atoms with Gasteiger partial charge in [-0.15, -0.1) is 11.3 Å². The van der Waals surface area contributed by atoms with Crippen molar-refractivity contribution in [1.29, 1.82) is 0 Å². The first-order valence-electron chi connectivity index (χ1n) is 7.86. The fourth-order valence-electron chi connectivity index (χ4n) is 2.83. The molecule has 1 aromatic heterocycles. The van der Waals surface area contributed by atoms with Crippen LogP contribution in [0.2, 0.25) is 0 Å². The molecule has 1 atom stereocenters. The summed E-state index contributed by atoms with van der Waals surface area (Å²) < 4.78 is 0. The van der Waals surface area contributed by atoms with E-state index >= 15 is 0 Å². The van der Waals surface area contributed by atoms with Crippen molar-refractivity contribution in [1.82, 2.24) is 15.6 Å². The molecule has 0 saturated carbocycles. The highest BCUT2D eigenvalue weighted by Crippen LogP contribution is 2.25. The summed E-state index contributed by atoms with van der Waals surface area (Å²) >= 11 is 1.60. The number of hydrogen-bond donors (Lipinski definition) is 2. The van der Waals surface area contributed by atoms with Crippen LogP contribution >= 0.6 is 11.3 Å². The molecule has 1 saturated heterocycles. The highest BCUT2D eigenvalue weighted by molar-refractivity contribution is 7.11.